The van der Waals surface area contributed by atoms with Gasteiger partial charge in [-0.05, 0) is 59.9 Å². The van der Waals surface area contributed by atoms with Crippen LogP contribution in [0.1, 0.15) is 31.4 Å². The molecule has 0 aliphatic heterocycles. The van der Waals surface area contributed by atoms with Crippen LogP contribution in [0.3, 0.4) is 0 Å². The predicted molar refractivity (Wildman–Crippen MR) is 124 cm³/mol. The maximum Gasteiger partial charge on any atom is 0.230 e. The molecule has 0 atom stereocenters. The lowest BCUT2D eigenvalue weighted by atomic mass is 10.1. The number of hydrogen-bond donors (Lipinski definition) is 0. The first-order valence-corrected chi connectivity index (χ1v) is 10.4. The molecule has 4 aromatic rings. The Hall–Kier alpha value is -3.40. The summed E-state index contributed by atoms with van der Waals surface area (Å²) in [6, 6.07) is 26.6. The molecule has 0 amide bonds. The van der Waals surface area contributed by atoms with E-state index in [1.165, 1.54) is 5.56 Å². The highest BCUT2D eigenvalue weighted by molar-refractivity contribution is 5.84. The van der Waals surface area contributed by atoms with Gasteiger partial charge >= 0.3 is 0 Å². The topological polar surface area (TPSA) is 39.4 Å². The zero-order valence-electron chi connectivity index (χ0n) is 17.5. The van der Waals surface area contributed by atoms with Crippen LogP contribution < -0.4 is 4.74 Å². The Labute approximate surface area is 177 Å². The van der Waals surface area contributed by atoms with Crippen molar-refractivity contribution in [2.75, 3.05) is 6.61 Å². The second kappa shape index (κ2) is 9.40. The first kappa shape index (κ1) is 19.9. The summed E-state index contributed by atoms with van der Waals surface area (Å²) in [6.07, 6.45) is 2.92. The van der Waals surface area contributed by atoms with Gasteiger partial charge in [0.1, 0.15) is 5.75 Å². The maximum atomic E-state index is 5.80. The number of benzene rings is 3. The third-order valence-corrected chi connectivity index (χ3v) is 4.99. The molecular formula is C26H27N3O. The Morgan fingerprint density at radius 1 is 0.933 bits per heavy atom. The molecule has 0 aliphatic rings. The third-order valence-electron chi connectivity index (χ3n) is 4.99. The number of imidazole rings is 1. The lowest BCUT2D eigenvalue weighted by Crippen LogP contribution is -2.01. The van der Waals surface area contributed by atoms with Crippen LogP contribution in [0.15, 0.2) is 83.9 Å². The number of ether oxygens (including phenoxy) is 1. The molecule has 0 unspecified atom stereocenters. The fraction of sp³-hybridized carbons (Fsp3) is 0.231. The van der Waals surface area contributed by atoms with E-state index in [2.05, 4.69) is 48.7 Å². The third kappa shape index (κ3) is 4.95. The lowest BCUT2D eigenvalue weighted by Gasteiger charge is -2.08. The van der Waals surface area contributed by atoms with Crippen molar-refractivity contribution in [3.05, 3.63) is 90.0 Å². The molecule has 1 aromatic heterocycles. The van der Waals surface area contributed by atoms with Gasteiger partial charge in [-0.2, -0.15) is 0 Å². The van der Waals surface area contributed by atoms with Crippen molar-refractivity contribution < 1.29 is 4.74 Å². The van der Waals surface area contributed by atoms with Crippen LogP contribution >= 0.6 is 0 Å². The van der Waals surface area contributed by atoms with Gasteiger partial charge in [-0.25, -0.2) is 9.98 Å². The fourth-order valence-electron chi connectivity index (χ4n) is 3.28. The highest BCUT2D eigenvalue weighted by Crippen LogP contribution is 2.23. The van der Waals surface area contributed by atoms with Gasteiger partial charge in [-0.3, -0.25) is 0 Å². The average Bonchev–Trinajstić information content (AvgIpc) is 3.11. The maximum absolute atomic E-state index is 5.80. The van der Waals surface area contributed by atoms with Crippen LogP contribution in [0.2, 0.25) is 0 Å². The SMILES string of the molecule is CC(C)CCOc1ccc(/C=N/c2nc3ccccc3n2Cc2ccccc2)cc1. The second-order valence-corrected chi connectivity index (χ2v) is 7.83. The van der Waals surface area contributed by atoms with Crippen LogP contribution in [-0.4, -0.2) is 22.4 Å². The Morgan fingerprint density at radius 3 is 2.43 bits per heavy atom. The molecular weight excluding hydrogens is 370 g/mol. The first-order chi connectivity index (χ1) is 14.7. The summed E-state index contributed by atoms with van der Waals surface area (Å²) in [7, 11) is 0. The normalized spacial score (nSPS) is 11.6. The van der Waals surface area contributed by atoms with Crippen LogP contribution in [0.25, 0.3) is 11.0 Å². The van der Waals surface area contributed by atoms with Crippen molar-refractivity contribution in [1.82, 2.24) is 9.55 Å². The van der Waals surface area contributed by atoms with Crippen molar-refractivity contribution in [3.8, 4) is 5.75 Å². The molecule has 1 heterocycles. The quantitative estimate of drug-likeness (QED) is 0.329. The monoisotopic (exact) mass is 397 g/mol. The summed E-state index contributed by atoms with van der Waals surface area (Å²) in [4.78, 5) is 9.45. The highest BCUT2D eigenvalue weighted by Gasteiger charge is 2.09. The highest BCUT2D eigenvalue weighted by atomic mass is 16.5. The van der Waals surface area contributed by atoms with Gasteiger partial charge in [0.25, 0.3) is 0 Å². The average molecular weight is 398 g/mol. The zero-order valence-corrected chi connectivity index (χ0v) is 17.5. The fourth-order valence-corrected chi connectivity index (χ4v) is 3.28. The standard InChI is InChI=1S/C26H27N3O/c1-20(2)16-17-30-23-14-12-21(13-15-23)18-27-26-28-24-10-6-7-11-25(24)29(26)19-22-8-4-3-5-9-22/h3-15,18,20H,16-17,19H2,1-2H3/b27-18+. The van der Waals surface area contributed by atoms with Crippen LogP contribution in [0, 0.1) is 5.92 Å². The van der Waals surface area contributed by atoms with E-state index in [0.717, 1.165) is 41.9 Å². The minimum absolute atomic E-state index is 0.645. The second-order valence-electron chi connectivity index (χ2n) is 7.83. The lowest BCUT2D eigenvalue weighted by molar-refractivity contribution is 0.289. The van der Waals surface area contributed by atoms with E-state index in [9.17, 15) is 0 Å². The van der Waals surface area contributed by atoms with E-state index in [4.69, 9.17) is 14.7 Å². The molecule has 4 nitrogen and oxygen atoms in total. The molecule has 0 N–H and O–H groups in total. The summed E-state index contributed by atoms with van der Waals surface area (Å²) in [5.74, 6) is 2.24. The Balaban J connectivity index is 1.54. The van der Waals surface area contributed by atoms with Crippen LogP contribution in [0.4, 0.5) is 5.95 Å². The number of hydrogen-bond acceptors (Lipinski definition) is 3. The molecule has 152 valence electrons. The number of fused-ring (bicyclic) bond motifs is 1. The summed E-state index contributed by atoms with van der Waals surface area (Å²) in [5.41, 5.74) is 4.28. The summed E-state index contributed by atoms with van der Waals surface area (Å²) < 4.78 is 7.96. The molecule has 30 heavy (non-hydrogen) atoms. The van der Waals surface area contributed by atoms with Crippen molar-refractivity contribution >= 4 is 23.2 Å². The van der Waals surface area contributed by atoms with E-state index in [1.54, 1.807) is 0 Å². The van der Waals surface area contributed by atoms with Gasteiger partial charge in [0.2, 0.25) is 5.95 Å². The largest absolute Gasteiger partial charge is 0.494 e. The van der Waals surface area contributed by atoms with Crippen molar-refractivity contribution in [1.29, 1.82) is 0 Å². The Morgan fingerprint density at radius 2 is 1.67 bits per heavy atom. The molecule has 4 heteroatoms. The van der Waals surface area contributed by atoms with E-state index in [1.807, 2.05) is 54.7 Å². The minimum Gasteiger partial charge on any atom is -0.494 e. The zero-order chi connectivity index (χ0) is 20.8. The first-order valence-electron chi connectivity index (χ1n) is 10.4. The smallest absolute Gasteiger partial charge is 0.230 e. The number of aromatic nitrogens is 2. The molecule has 3 aromatic carbocycles. The minimum atomic E-state index is 0.645. The van der Waals surface area contributed by atoms with E-state index in [-0.39, 0.29) is 0 Å². The molecule has 0 aliphatic carbocycles. The molecule has 0 radical (unpaired) electrons. The van der Waals surface area contributed by atoms with Gasteiger partial charge in [0.05, 0.1) is 24.2 Å². The molecule has 0 bridgehead atoms. The van der Waals surface area contributed by atoms with Crippen molar-refractivity contribution in [2.45, 2.75) is 26.8 Å². The van der Waals surface area contributed by atoms with Gasteiger partial charge in [-0.1, -0.05) is 56.3 Å². The number of nitrogens with zero attached hydrogens (tertiary/aromatic N) is 3. The number of aliphatic imine (C=N–C) groups is 1. The van der Waals surface area contributed by atoms with Gasteiger partial charge in [0, 0.05) is 6.21 Å². The van der Waals surface area contributed by atoms with Gasteiger partial charge in [0.15, 0.2) is 0 Å². The van der Waals surface area contributed by atoms with Gasteiger partial charge < -0.3 is 9.30 Å². The molecule has 0 fully saturated rings. The Kier molecular flexibility index (Phi) is 6.23. The van der Waals surface area contributed by atoms with Crippen molar-refractivity contribution in [2.24, 2.45) is 10.9 Å². The van der Waals surface area contributed by atoms with Crippen LogP contribution in [-0.2, 0) is 6.54 Å². The van der Waals surface area contributed by atoms with Crippen LogP contribution in [0.5, 0.6) is 5.75 Å². The Bertz CT molecular complexity index is 1110. The number of para-hydroxylation sites is 2. The summed E-state index contributed by atoms with van der Waals surface area (Å²) in [6.45, 7) is 5.88. The predicted octanol–water partition coefficient (Wildman–Crippen LogP) is 6.26. The number of rotatable bonds is 8. The van der Waals surface area contributed by atoms with Crippen molar-refractivity contribution in [3.63, 3.8) is 0 Å². The molecule has 0 saturated heterocycles. The molecule has 0 spiro atoms. The molecule has 4 rings (SSSR count). The van der Waals surface area contributed by atoms with Gasteiger partial charge in [-0.15, -0.1) is 0 Å². The molecule has 0 saturated carbocycles. The van der Waals surface area contributed by atoms with E-state index in [0.29, 0.717) is 11.9 Å². The van der Waals surface area contributed by atoms with E-state index < -0.39 is 0 Å². The summed E-state index contributed by atoms with van der Waals surface area (Å²) >= 11 is 0. The van der Waals surface area contributed by atoms with E-state index >= 15 is 0 Å². The summed E-state index contributed by atoms with van der Waals surface area (Å²) in [5, 5.41) is 0.